The van der Waals surface area contributed by atoms with E-state index < -0.39 is 0 Å². The van der Waals surface area contributed by atoms with Crippen LogP contribution in [0.15, 0.2) is 18.6 Å². The second kappa shape index (κ2) is 5.91. The second-order valence-electron chi connectivity index (χ2n) is 4.98. The molecule has 0 radical (unpaired) electrons. The number of piperidine rings is 1. The standard InChI is InChI=1S/C13H20N4O/c14-12(18)13(5-2-6-16-10-13)4-1-3-11-9-15-7-8-17-11/h7-9,16H,1-6,10H2,(H2,14,18). The van der Waals surface area contributed by atoms with Gasteiger partial charge in [-0.1, -0.05) is 0 Å². The van der Waals surface area contributed by atoms with Gasteiger partial charge >= 0.3 is 0 Å². The quantitative estimate of drug-likeness (QED) is 0.802. The first-order valence-corrected chi connectivity index (χ1v) is 6.48. The molecule has 1 aromatic heterocycles. The number of nitrogens with zero attached hydrogens (tertiary/aromatic N) is 2. The summed E-state index contributed by atoms with van der Waals surface area (Å²) in [5.41, 5.74) is 6.19. The normalized spacial score (nSPS) is 23.8. The molecule has 1 atom stereocenters. The summed E-state index contributed by atoms with van der Waals surface area (Å²) in [5.74, 6) is -0.172. The third-order valence-electron chi connectivity index (χ3n) is 3.70. The molecule has 5 nitrogen and oxygen atoms in total. The minimum Gasteiger partial charge on any atom is -0.369 e. The average molecular weight is 248 g/mol. The fourth-order valence-electron chi connectivity index (χ4n) is 2.58. The van der Waals surface area contributed by atoms with Crippen molar-refractivity contribution in [1.29, 1.82) is 0 Å². The Morgan fingerprint density at radius 3 is 3.00 bits per heavy atom. The lowest BCUT2D eigenvalue weighted by molar-refractivity contribution is -0.129. The first-order chi connectivity index (χ1) is 8.73. The van der Waals surface area contributed by atoms with Gasteiger partial charge < -0.3 is 11.1 Å². The molecule has 98 valence electrons. The molecule has 1 aromatic rings. The molecule has 1 unspecified atom stereocenters. The van der Waals surface area contributed by atoms with E-state index in [9.17, 15) is 4.79 Å². The number of aromatic nitrogens is 2. The fourth-order valence-corrected chi connectivity index (χ4v) is 2.58. The number of hydrogen-bond acceptors (Lipinski definition) is 4. The highest BCUT2D eigenvalue weighted by molar-refractivity contribution is 5.81. The molecule has 5 heteroatoms. The van der Waals surface area contributed by atoms with Crippen LogP contribution < -0.4 is 11.1 Å². The van der Waals surface area contributed by atoms with Crippen LogP contribution in [0.2, 0.25) is 0 Å². The van der Waals surface area contributed by atoms with Crippen molar-refractivity contribution >= 4 is 5.91 Å². The molecule has 2 rings (SSSR count). The van der Waals surface area contributed by atoms with Gasteiger partial charge in [-0.2, -0.15) is 0 Å². The summed E-state index contributed by atoms with van der Waals surface area (Å²) in [6, 6.07) is 0. The molecule has 18 heavy (non-hydrogen) atoms. The monoisotopic (exact) mass is 248 g/mol. The zero-order valence-electron chi connectivity index (χ0n) is 10.6. The largest absolute Gasteiger partial charge is 0.369 e. The summed E-state index contributed by atoms with van der Waals surface area (Å²) >= 11 is 0. The number of amides is 1. The lowest BCUT2D eigenvalue weighted by atomic mass is 9.76. The summed E-state index contributed by atoms with van der Waals surface area (Å²) in [6.45, 7) is 1.70. The van der Waals surface area contributed by atoms with E-state index in [4.69, 9.17) is 5.73 Å². The van der Waals surface area contributed by atoms with E-state index in [1.54, 1.807) is 18.6 Å². The minimum atomic E-state index is -0.361. The lowest BCUT2D eigenvalue weighted by Crippen LogP contribution is -2.48. The van der Waals surface area contributed by atoms with Crippen molar-refractivity contribution in [2.45, 2.75) is 32.1 Å². The summed E-state index contributed by atoms with van der Waals surface area (Å²) in [7, 11) is 0. The van der Waals surface area contributed by atoms with Crippen molar-refractivity contribution < 1.29 is 4.79 Å². The molecule has 2 heterocycles. The Hall–Kier alpha value is -1.49. The molecule has 1 amide bonds. The Bertz CT molecular complexity index is 387. The van der Waals surface area contributed by atoms with Gasteiger partial charge in [0.05, 0.1) is 11.1 Å². The van der Waals surface area contributed by atoms with Crippen molar-refractivity contribution in [3.63, 3.8) is 0 Å². The zero-order valence-corrected chi connectivity index (χ0v) is 10.6. The molecule has 1 aliphatic rings. The average Bonchev–Trinajstić information content (AvgIpc) is 2.41. The Morgan fingerprint density at radius 1 is 1.50 bits per heavy atom. The van der Waals surface area contributed by atoms with Crippen molar-refractivity contribution in [1.82, 2.24) is 15.3 Å². The first-order valence-electron chi connectivity index (χ1n) is 6.48. The number of carbonyl (C=O) groups excluding carboxylic acids is 1. The third kappa shape index (κ3) is 3.04. The van der Waals surface area contributed by atoms with Gasteiger partial charge in [0.1, 0.15) is 0 Å². The Labute approximate surface area is 107 Å². The van der Waals surface area contributed by atoms with Crippen LogP contribution in [0.25, 0.3) is 0 Å². The highest BCUT2D eigenvalue weighted by atomic mass is 16.1. The van der Waals surface area contributed by atoms with Crippen LogP contribution in [0.4, 0.5) is 0 Å². The molecular weight excluding hydrogens is 228 g/mol. The van der Waals surface area contributed by atoms with Gasteiger partial charge in [-0.25, -0.2) is 0 Å². The van der Waals surface area contributed by atoms with Gasteiger partial charge in [0, 0.05) is 25.1 Å². The maximum absolute atomic E-state index is 11.7. The Balaban J connectivity index is 1.88. The van der Waals surface area contributed by atoms with E-state index in [0.717, 1.165) is 44.3 Å². The summed E-state index contributed by atoms with van der Waals surface area (Å²) in [6.07, 6.45) is 9.65. The van der Waals surface area contributed by atoms with Crippen LogP contribution in [-0.2, 0) is 11.2 Å². The predicted molar refractivity (Wildman–Crippen MR) is 68.7 cm³/mol. The molecule has 0 aliphatic carbocycles. The molecule has 0 saturated carbocycles. The number of nitrogens with two attached hydrogens (primary N) is 1. The minimum absolute atomic E-state index is 0.172. The van der Waals surface area contributed by atoms with E-state index in [1.807, 2.05) is 0 Å². The first kappa shape index (κ1) is 13.0. The molecule has 1 fully saturated rings. The van der Waals surface area contributed by atoms with Gasteiger partial charge in [-0.15, -0.1) is 0 Å². The van der Waals surface area contributed by atoms with Gasteiger partial charge in [0.25, 0.3) is 0 Å². The van der Waals surface area contributed by atoms with E-state index >= 15 is 0 Å². The molecular formula is C13H20N4O. The van der Waals surface area contributed by atoms with Crippen molar-refractivity contribution in [2.24, 2.45) is 11.1 Å². The maximum atomic E-state index is 11.7. The second-order valence-corrected chi connectivity index (χ2v) is 4.98. The highest BCUT2D eigenvalue weighted by Gasteiger charge is 2.37. The molecule has 1 aliphatic heterocycles. The number of nitrogens with one attached hydrogen (secondary N) is 1. The van der Waals surface area contributed by atoms with E-state index in [-0.39, 0.29) is 11.3 Å². The van der Waals surface area contributed by atoms with Crippen LogP contribution in [0.1, 0.15) is 31.4 Å². The molecule has 0 bridgehead atoms. The van der Waals surface area contributed by atoms with Gasteiger partial charge in [0.15, 0.2) is 0 Å². The Kier molecular flexibility index (Phi) is 4.25. The molecule has 0 aromatic carbocycles. The van der Waals surface area contributed by atoms with Gasteiger partial charge in [-0.05, 0) is 38.6 Å². The summed E-state index contributed by atoms with van der Waals surface area (Å²) in [4.78, 5) is 19.9. The van der Waals surface area contributed by atoms with Crippen LogP contribution in [0.3, 0.4) is 0 Å². The topological polar surface area (TPSA) is 80.9 Å². The molecule has 0 spiro atoms. The maximum Gasteiger partial charge on any atom is 0.224 e. The predicted octanol–water partition coefficient (Wildman–Crippen LogP) is 0.654. The number of primary amides is 1. The summed E-state index contributed by atoms with van der Waals surface area (Å²) in [5, 5.41) is 3.28. The van der Waals surface area contributed by atoms with E-state index in [0.29, 0.717) is 6.54 Å². The van der Waals surface area contributed by atoms with Gasteiger partial charge in [-0.3, -0.25) is 14.8 Å². The fraction of sp³-hybridized carbons (Fsp3) is 0.615. The highest BCUT2D eigenvalue weighted by Crippen LogP contribution is 2.31. The summed E-state index contributed by atoms with van der Waals surface area (Å²) < 4.78 is 0. The van der Waals surface area contributed by atoms with E-state index in [1.165, 1.54) is 0 Å². The van der Waals surface area contributed by atoms with Crippen molar-refractivity contribution in [2.75, 3.05) is 13.1 Å². The van der Waals surface area contributed by atoms with Crippen LogP contribution in [-0.4, -0.2) is 29.0 Å². The van der Waals surface area contributed by atoms with Crippen LogP contribution >= 0.6 is 0 Å². The number of aryl methyl sites for hydroxylation is 1. The molecule has 1 saturated heterocycles. The zero-order chi connectivity index (χ0) is 12.8. The number of hydrogen-bond donors (Lipinski definition) is 2. The smallest absolute Gasteiger partial charge is 0.224 e. The third-order valence-corrected chi connectivity index (χ3v) is 3.70. The van der Waals surface area contributed by atoms with Crippen molar-refractivity contribution in [3.8, 4) is 0 Å². The lowest BCUT2D eigenvalue weighted by Gasteiger charge is -2.34. The van der Waals surface area contributed by atoms with E-state index in [2.05, 4.69) is 15.3 Å². The number of rotatable bonds is 5. The Morgan fingerprint density at radius 2 is 2.39 bits per heavy atom. The van der Waals surface area contributed by atoms with Crippen molar-refractivity contribution in [3.05, 3.63) is 24.3 Å². The SMILES string of the molecule is NC(=O)C1(CCCc2cnccn2)CCCNC1. The van der Waals surface area contributed by atoms with Gasteiger partial charge in [0.2, 0.25) is 5.91 Å². The molecule has 3 N–H and O–H groups in total. The van der Waals surface area contributed by atoms with Crippen LogP contribution in [0.5, 0.6) is 0 Å². The number of carbonyl (C=O) groups is 1. The van der Waals surface area contributed by atoms with Crippen LogP contribution in [0, 0.1) is 5.41 Å².